The molecule has 0 aliphatic rings. The van der Waals surface area contributed by atoms with Gasteiger partial charge in [0.2, 0.25) is 0 Å². The molecular weight excluding hydrogens is 204 g/mol. The standard InChI is InChI=1S/C8H10N2O3S/c1-5-3-6(11)10(4-7(12)13)8(9-5)14-2/h3H,4H2,1-2H3,(H,12,13). The molecule has 0 bridgehead atoms. The predicted octanol–water partition coefficient (Wildman–Crippen LogP) is 0.358. The lowest BCUT2D eigenvalue weighted by Crippen LogP contribution is -2.26. The molecule has 0 aromatic carbocycles. The van der Waals surface area contributed by atoms with E-state index in [1.807, 2.05) is 0 Å². The Bertz CT molecular complexity index is 414. The minimum Gasteiger partial charge on any atom is -0.480 e. The fourth-order valence-electron chi connectivity index (χ4n) is 1.03. The van der Waals surface area contributed by atoms with Crippen molar-refractivity contribution in [3.05, 3.63) is 22.1 Å². The summed E-state index contributed by atoms with van der Waals surface area (Å²) in [6.45, 7) is 1.36. The Hall–Kier alpha value is -1.30. The topological polar surface area (TPSA) is 72.2 Å². The lowest BCUT2D eigenvalue weighted by Gasteiger charge is -2.07. The van der Waals surface area contributed by atoms with E-state index in [0.29, 0.717) is 10.9 Å². The van der Waals surface area contributed by atoms with Crippen LogP contribution in [0.5, 0.6) is 0 Å². The molecule has 0 saturated heterocycles. The largest absolute Gasteiger partial charge is 0.480 e. The van der Waals surface area contributed by atoms with Crippen molar-refractivity contribution in [1.29, 1.82) is 0 Å². The Balaban J connectivity index is 3.25. The summed E-state index contributed by atoms with van der Waals surface area (Å²) < 4.78 is 1.14. The number of carboxylic acids is 1. The lowest BCUT2D eigenvalue weighted by atomic mass is 10.4. The molecule has 6 heteroatoms. The van der Waals surface area contributed by atoms with E-state index >= 15 is 0 Å². The fourth-order valence-corrected chi connectivity index (χ4v) is 1.64. The molecular formula is C8H10N2O3S. The number of nitrogens with zero attached hydrogens (tertiary/aromatic N) is 2. The van der Waals surface area contributed by atoms with Gasteiger partial charge in [-0.1, -0.05) is 11.8 Å². The summed E-state index contributed by atoms with van der Waals surface area (Å²) in [4.78, 5) is 25.9. The molecule has 5 nitrogen and oxygen atoms in total. The maximum Gasteiger partial charge on any atom is 0.323 e. The van der Waals surface area contributed by atoms with Crippen molar-refractivity contribution in [3.63, 3.8) is 0 Å². The maximum absolute atomic E-state index is 11.4. The second-order valence-corrected chi connectivity index (χ2v) is 3.48. The van der Waals surface area contributed by atoms with Gasteiger partial charge in [-0.2, -0.15) is 0 Å². The molecule has 0 amide bonds. The van der Waals surface area contributed by atoms with E-state index in [1.165, 1.54) is 17.8 Å². The number of thioether (sulfide) groups is 1. The van der Waals surface area contributed by atoms with E-state index in [-0.39, 0.29) is 12.1 Å². The van der Waals surface area contributed by atoms with Crippen LogP contribution < -0.4 is 5.56 Å². The molecule has 1 aromatic rings. The molecule has 14 heavy (non-hydrogen) atoms. The van der Waals surface area contributed by atoms with Gasteiger partial charge in [0, 0.05) is 11.8 Å². The van der Waals surface area contributed by atoms with Crippen molar-refractivity contribution >= 4 is 17.7 Å². The van der Waals surface area contributed by atoms with Crippen LogP contribution in [0.3, 0.4) is 0 Å². The quantitative estimate of drug-likeness (QED) is 0.581. The van der Waals surface area contributed by atoms with Gasteiger partial charge in [-0.15, -0.1) is 0 Å². The second kappa shape index (κ2) is 4.28. The SMILES string of the molecule is CSc1nc(C)cc(=O)n1CC(=O)O. The van der Waals surface area contributed by atoms with Crippen LogP contribution >= 0.6 is 11.8 Å². The molecule has 1 aromatic heterocycles. The van der Waals surface area contributed by atoms with Gasteiger partial charge < -0.3 is 5.11 Å². The van der Waals surface area contributed by atoms with Gasteiger partial charge in [-0.25, -0.2) is 4.98 Å². The highest BCUT2D eigenvalue weighted by Crippen LogP contribution is 2.09. The number of aromatic nitrogens is 2. The highest BCUT2D eigenvalue weighted by Gasteiger charge is 2.08. The summed E-state index contributed by atoms with van der Waals surface area (Å²) in [6.07, 6.45) is 1.75. The van der Waals surface area contributed by atoms with Gasteiger partial charge in [0.25, 0.3) is 5.56 Å². The van der Waals surface area contributed by atoms with E-state index < -0.39 is 5.97 Å². The summed E-state index contributed by atoms with van der Waals surface area (Å²) in [5.41, 5.74) is 0.269. The summed E-state index contributed by atoms with van der Waals surface area (Å²) in [5, 5.41) is 9.01. The van der Waals surface area contributed by atoms with Crippen LogP contribution in [-0.4, -0.2) is 26.9 Å². The zero-order chi connectivity index (χ0) is 10.7. The minimum atomic E-state index is -1.05. The molecule has 1 N–H and O–H groups in total. The third-order valence-electron chi connectivity index (χ3n) is 1.58. The van der Waals surface area contributed by atoms with Crippen molar-refractivity contribution in [2.45, 2.75) is 18.6 Å². The Morgan fingerprint density at radius 2 is 2.36 bits per heavy atom. The first kappa shape index (κ1) is 10.8. The van der Waals surface area contributed by atoms with Gasteiger partial charge in [-0.05, 0) is 13.2 Å². The zero-order valence-corrected chi connectivity index (χ0v) is 8.67. The summed E-state index contributed by atoms with van der Waals surface area (Å²) in [5.74, 6) is -1.05. The van der Waals surface area contributed by atoms with Crippen molar-refractivity contribution in [3.8, 4) is 0 Å². The van der Waals surface area contributed by atoms with Crippen molar-refractivity contribution in [1.82, 2.24) is 9.55 Å². The van der Waals surface area contributed by atoms with E-state index in [0.717, 1.165) is 4.57 Å². The number of aryl methyl sites for hydroxylation is 1. The molecule has 76 valence electrons. The number of carbonyl (C=O) groups is 1. The monoisotopic (exact) mass is 214 g/mol. The molecule has 1 heterocycles. The predicted molar refractivity (Wildman–Crippen MR) is 52.7 cm³/mol. The first-order valence-electron chi connectivity index (χ1n) is 3.89. The van der Waals surface area contributed by atoms with E-state index in [2.05, 4.69) is 4.98 Å². The average molecular weight is 214 g/mol. The Morgan fingerprint density at radius 1 is 1.71 bits per heavy atom. The summed E-state index contributed by atoms with van der Waals surface area (Å²) >= 11 is 1.25. The smallest absolute Gasteiger partial charge is 0.323 e. The fraction of sp³-hybridized carbons (Fsp3) is 0.375. The number of hydrogen-bond donors (Lipinski definition) is 1. The number of rotatable bonds is 3. The zero-order valence-electron chi connectivity index (χ0n) is 7.85. The van der Waals surface area contributed by atoms with E-state index in [1.54, 1.807) is 13.2 Å². The van der Waals surface area contributed by atoms with Crippen LogP contribution in [-0.2, 0) is 11.3 Å². The van der Waals surface area contributed by atoms with Crippen LogP contribution in [0.1, 0.15) is 5.69 Å². The number of aliphatic carboxylic acids is 1. The van der Waals surface area contributed by atoms with Crippen LogP contribution in [0, 0.1) is 6.92 Å². The van der Waals surface area contributed by atoms with Crippen LogP contribution in [0.4, 0.5) is 0 Å². The molecule has 0 atom stereocenters. The summed E-state index contributed by atoms with van der Waals surface area (Å²) in [7, 11) is 0. The molecule has 0 aliphatic heterocycles. The Morgan fingerprint density at radius 3 is 2.86 bits per heavy atom. The second-order valence-electron chi connectivity index (χ2n) is 2.70. The van der Waals surface area contributed by atoms with Gasteiger partial charge in [0.15, 0.2) is 5.16 Å². The normalized spacial score (nSPS) is 10.1. The van der Waals surface area contributed by atoms with Crippen molar-refractivity contribution in [2.75, 3.05) is 6.26 Å². The Labute approximate surface area is 84.8 Å². The molecule has 0 radical (unpaired) electrons. The van der Waals surface area contributed by atoms with Crippen molar-refractivity contribution < 1.29 is 9.90 Å². The van der Waals surface area contributed by atoms with Crippen LogP contribution in [0.2, 0.25) is 0 Å². The average Bonchev–Trinajstić information content (AvgIpc) is 2.08. The van der Waals surface area contributed by atoms with Crippen LogP contribution in [0.15, 0.2) is 16.0 Å². The minimum absolute atomic E-state index is 0.329. The van der Waals surface area contributed by atoms with Crippen molar-refractivity contribution in [2.24, 2.45) is 0 Å². The highest BCUT2D eigenvalue weighted by molar-refractivity contribution is 7.98. The van der Waals surface area contributed by atoms with Gasteiger partial charge in [0.05, 0.1) is 0 Å². The third-order valence-corrected chi connectivity index (χ3v) is 2.25. The van der Waals surface area contributed by atoms with Gasteiger partial charge in [-0.3, -0.25) is 14.2 Å². The molecule has 0 saturated carbocycles. The first-order chi connectivity index (χ1) is 6.54. The Kier molecular flexibility index (Phi) is 3.29. The van der Waals surface area contributed by atoms with Crippen LogP contribution in [0.25, 0.3) is 0 Å². The van der Waals surface area contributed by atoms with E-state index in [9.17, 15) is 9.59 Å². The number of carboxylic acid groups (broad SMARTS) is 1. The molecule has 0 fully saturated rings. The molecule has 0 unspecified atom stereocenters. The molecule has 1 rings (SSSR count). The molecule has 0 aliphatic carbocycles. The third kappa shape index (κ3) is 2.35. The molecule has 0 spiro atoms. The number of hydrogen-bond acceptors (Lipinski definition) is 4. The maximum atomic E-state index is 11.4. The highest BCUT2D eigenvalue weighted by atomic mass is 32.2. The van der Waals surface area contributed by atoms with Gasteiger partial charge >= 0.3 is 5.97 Å². The first-order valence-corrected chi connectivity index (χ1v) is 5.11. The summed E-state index contributed by atoms with van der Waals surface area (Å²) in [6, 6.07) is 1.32. The lowest BCUT2D eigenvalue weighted by molar-refractivity contribution is -0.137. The van der Waals surface area contributed by atoms with E-state index in [4.69, 9.17) is 5.11 Å². The van der Waals surface area contributed by atoms with Gasteiger partial charge in [0.1, 0.15) is 6.54 Å².